The molecule has 0 bridgehead atoms. The Labute approximate surface area is 130 Å². The number of ether oxygens (including phenoxy) is 1. The molecule has 4 nitrogen and oxygen atoms in total. The Balaban J connectivity index is 1.72. The van der Waals surface area contributed by atoms with Crippen molar-refractivity contribution in [2.75, 3.05) is 38.1 Å². The van der Waals surface area contributed by atoms with Crippen molar-refractivity contribution in [3.05, 3.63) is 35.5 Å². The van der Waals surface area contributed by atoms with Crippen LogP contribution in [0.15, 0.2) is 30.5 Å². The van der Waals surface area contributed by atoms with Gasteiger partial charge in [-0.2, -0.15) is 0 Å². The Hall–Kier alpha value is -1.36. The normalized spacial score (nSPS) is 19.8. The lowest BCUT2D eigenvalue weighted by atomic mass is 10.2. The third-order valence-electron chi connectivity index (χ3n) is 3.91. The summed E-state index contributed by atoms with van der Waals surface area (Å²) in [5.41, 5.74) is 1.92. The van der Waals surface area contributed by atoms with Crippen LogP contribution >= 0.6 is 11.6 Å². The average Bonchev–Trinajstić information content (AvgIpc) is 2.55. The van der Waals surface area contributed by atoms with E-state index in [0.29, 0.717) is 0 Å². The molecule has 0 spiro atoms. The Morgan fingerprint density at radius 1 is 1.43 bits per heavy atom. The van der Waals surface area contributed by atoms with E-state index < -0.39 is 0 Å². The molecule has 5 heteroatoms. The minimum absolute atomic E-state index is 0.216. The van der Waals surface area contributed by atoms with Crippen LogP contribution in [0.5, 0.6) is 0 Å². The van der Waals surface area contributed by atoms with Crippen LogP contribution in [-0.4, -0.2) is 48.8 Å². The maximum Gasteiger partial charge on any atom is 0.0948 e. The van der Waals surface area contributed by atoms with E-state index in [1.807, 2.05) is 24.3 Å². The summed E-state index contributed by atoms with van der Waals surface area (Å²) in [6.45, 7) is 6.85. The number of anilines is 1. The average molecular weight is 306 g/mol. The molecule has 1 saturated heterocycles. The van der Waals surface area contributed by atoms with Gasteiger partial charge in [0.25, 0.3) is 0 Å². The van der Waals surface area contributed by atoms with Gasteiger partial charge in [0.05, 0.1) is 28.9 Å². The maximum absolute atomic E-state index is 6.22. The van der Waals surface area contributed by atoms with Crippen LogP contribution in [-0.2, 0) is 4.74 Å². The fraction of sp³-hybridized carbons (Fsp3) is 0.438. The van der Waals surface area contributed by atoms with E-state index in [2.05, 4.69) is 22.1 Å². The molecule has 112 valence electrons. The van der Waals surface area contributed by atoms with E-state index in [0.717, 1.165) is 54.4 Å². The highest BCUT2D eigenvalue weighted by molar-refractivity contribution is 6.35. The van der Waals surface area contributed by atoms with Crippen molar-refractivity contribution in [3.8, 4) is 0 Å². The summed E-state index contributed by atoms with van der Waals surface area (Å²) in [5.74, 6) is 0. The van der Waals surface area contributed by atoms with Crippen LogP contribution < -0.4 is 5.32 Å². The summed E-state index contributed by atoms with van der Waals surface area (Å²) in [5, 5.41) is 5.16. The number of morpholine rings is 1. The van der Waals surface area contributed by atoms with Crippen molar-refractivity contribution in [1.29, 1.82) is 0 Å². The molecule has 1 atom stereocenters. The molecule has 0 saturated carbocycles. The molecule has 3 rings (SSSR count). The van der Waals surface area contributed by atoms with E-state index in [9.17, 15) is 0 Å². The van der Waals surface area contributed by atoms with Gasteiger partial charge in [-0.05, 0) is 30.8 Å². The van der Waals surface area contributed by atoms with Gasteiger partial charge < -0.3 is 10.1 Å². The van der Waals surface area contributed by atoms with Crippen molar-refractivity contribution in [1.82, 2.24) is 9.88 Å². The Bertz CT molecular complexity index is 619. The Morgan fingerprint density at radius 3 is 3.19 bits per heavy atom. The van der Waals surface area contributed by atoms with Crippen molar-refractivity contribution < 1.29 is 4.74 Å². The first kappa shape index (κ1) is 14.6. The van der Waals surface area contributed by atoms with Gasteiger partial charge in [-0.1, -0.05) is 18.5 Å². The smallest absolute Gasteiger partial charge is 0.0948 e. The highest BCUT2D eigenvalue weighted by atomic mass is 35.5. The third kappa shape index (κ3) is 3.28. The minimum Gasteiger partial charge on any atom is -0.381 e. The van der Waals surface area contributed by atoms with Gasteiger partial charge in [-0.15, -0.1) is 0 Å². The number of nitrogens with zero attached hydrogens (tertiary/aromatic N) is 2. The number of likely N-dealkylation sites (N-methyl/N-ethyl adjacent to an activating group) is 1. The topological polar surface area (TPSA) is 37.4 Å². The Morgan fingerprint density at radius 2 is 2.33 bits per heavy atom. The summed E-state index contributed by atoms with van der Waals surface area (Å²) in [7, 11) is 0. The first-order valence-corrected chi connectivity index (χ1v) is 7.76. The van der Waals surface area contributed by atoms with E-state index in [-0.39, 0.29) is 6.10 Å². The summed E-state index contributed by atoms with van der Waals surface area (Å²) < 4.78 is 5.82. The SMILES string of the molecule is CCN1CCOC(CNc2ccc(Cl)c3cccnc23)C1. The summed E-state index contributed by atoms with van der Waals surface area (Å²) in [6, 6.07) is 7.79. The van der Waals surface area contributed by atoms with Crippen molar-refractivity contribution in [3.63, 3.8) is 0 Å². The van der Waals surface area contributed by atoms with Gasteiger partial charge in [-0.3, -0.25) is 9.88 Å². The van der Waals surface area contributed by atoms with E-state index in [4.69, 9.17) is 16.3 Å². The highest BCUT2D eigenvalue weighted by Crippen LogP contribution is 2.28. The highest BCUT2D eigenvalue weighted by Gasteiger charge is 2.19. The second-order valence-electron chi connectivity index (χ2n) is 5.26. The van der Waals surface area contributed by atoms with E-state index in [1.165, 1.54) is 0 Å². The zero-order valence-electron chi connectivity index (χ0n) is 12.2. The fourth-order valence-corrected chi connectivity index (χ4v) is 2.91. The lowest BCUT2D eigenvalue weighted by molar-refractivity contribution is -0.0191. The second kappa shape index (κ2) is 6.60. The summed E-state index contributed by atoms with van der Waals surface area (Å²) in [4.78, 5) is 6.85. The van der Waals surface area contributed by atoms with Crippen LogP contribution in [0.4, 0.5) is 5.69 Å². The molecule has 1 N–H and O–H groups in total. The van der Waals surface area contributed by atoms with Gasteiger partial charge in [-0.25, -0.2) is 0 Å². The lowest BCUT2D eigenvalue weighted by Crippen LogP contribution is -2.45. The number of halogens is 1. The van der Waals surface area contributed by atoms with Crippen LogP contribution in [0, 0.1) is 0 Å². The van der Waals surface area contributed by atoms with Gasteiger partial charge >= 0.3 is 0 Å². The van der Waals surface area contributed by atoms with Gasteiger partial charge in [0.15, 0.2) is 0 Å². The standard InChI is InChI=1S/C16H20ClN3O/c1-2-20-8-9-21-12(11-20)10-19-15-6-5-14(17)13-4-3-7-18-16(13)15/h3-7,12,19H,2,8-11H2,1H3. The Kier molecular flexibility index (Phi) is 4.58. The number of nitrogens with one attached hydrogen (secondary N) is 1. The van der Waals surface area contributed by atoms with Gasteiger partial charge in [0, 0.05) is 31.2 Å². The number of hydrogen-bond donors (Lipinski definition) is 1. The molecule has 1 fully saturated rings. The largest absolute Gasteiger partial charge is 0.381 e. The first-order valence-electron chi connectivity index (χ1n) is 7.39. The van der Waals surface area contributed by atoms with E-state index in [1.54, 1.807) is 6.20 Å². The molecule has 1 aliphatic rings. The predicted octanol–water partition coefficient (Wildman–Crippen LogP) is 3.02. The summed E-state index contributed by atoms with van der Waals surface area (Å²) in [6.07, 6.45) is 2.01. The molecular weight excluding hydrogens is 286 g/mol. The van der Waals surface area contributed by atoms with Crippen LogP contribution in [0.1, 0.15) is 6.92 Å². The summed E-state index contributed by atoms with van der Waals surface area (Å²) >= 11 is 6.22. The first-order chi connectivity index (χ1) is 10.3. The predicted molar refractivity (Wildman–Crippen MR) is 87.1 cm³/mol. The molecule has 2 aromatic rings. The zero-order valence-corrected chi connectivity index (χ0v) is 12.9. The minimum atomic E-state index is 0.216. The number of aromatic nitrogens is 1. The lowest BCUT2D eigenvalue weighted by Gasteiger charge is -2.32. The van der Waals surface area contributed by atoms with Crippen molar-refractivity contribution in [2.24, 2.45) is 0 Å². The number of hydrogen-bond acceptors (Lipinski definition) is 4. The van der Waals surface area contributed by atoms with Crippen LogP contribution in [0.25, 0.3) is 10.9 Å². The third-order valence-corrected chi connectivity index (χ3v) is 4.24. The van der Waals surface area contributed by atoms with Crippen LogP contribution in [0.2, 0.25) is 5.02 Å². The van der Waals surface area contributed by atoms with Crippen molar-refractivity contribution in [2.45, 2.75) is 13.0 Å². The molecule has 1 aromatic heterocycles. The van der Waals surface area contributed by atoms with Gasteiger partial charge in [0.1, 0.15) is 0 Å². The fourth-order valence-electron chi connectivity index (χ4n) is 2.70. The quantitative estimate of drug-likeness (QED) is 0.942. The van der Waals surface area contributed by atoms with E-state index >= 15 is 0 Å². The molecule has 0 radical (unpaired) electrons. The molecule has 1 aromatic carbocycles. The molecule has 0 aliphatic carbocycles. The second-order valence-corrected chi connectivity index (χ2v) is 5.67. The van der Waals surface area contributed by atoms with Crippen LogP contribution in [0.3, 0.4) is 0 Å². The molecule has 0 amide bonds. The number of fused-ring (bicyclic) bond motifs is 1. The maximum atomic E-state index is 6.22. The van der Waals surface area contributed by atoms with Crippen molar-refractivity contribution >= 4 is 28.2 Å². The number of rotatable bonds is 4. The number of pyridine rings is 1. The zero-order chi connectivity index (χ0) is 14.7. The molecule has 21 heavy (non-hydrogen) atoms. The molecule has 1 aliphatic heterocycles. The van der Waals surface area contributed by atoms with Gasteiger partial charge in [0.2, 0.25) is 0 Å². The molecule has 1 unspecified atom stereocenters. The monoisotopic (exact) mass is 305 g/mol. The molecular formula is C16H20ClN3O. The molecule has 2 heterocycles. The number of benzene rings is 1.